The van der Waals surface area contributed by atoms with E-state index in [9.17, 15) is 14.7 Å². The molecule has 31 heavy (non-hydrogen) atoms. The smallest absolute Gasteiger partial charge is 0.349 e. The molecule has 1 aromatic heterocycles. The Morgan fingerprint density at radius 2 is 1.81 bits per heavy atom. The summed E-state index contributed by atoms with van der Waals surface area (Å²) in [5.41, 5.74) is 2.56. The first kappa shape index (κ1) is 20.2. The lowest BCUT2D eigenvalue weighted by Gasteiger charge is -2.11. The number of hydrogen-bond acceptors (Lipinski definition) is 5. The second-order valence-corrected chi connectivity index (χ2v) is 7.09. The zero-order chi connectivity index (χ0) is 22.0. The minimum absolute atomic E-state index is 0.0527. The summed E-state index contributed by atoms with van der Waals surface area (Å²) in [4.78, 5) is 25.0. The number of ether oxygens (including phenoxy) is 1. The molecule has 3 aromatic carbocycles. The van der Waals surface area contributed by atoms with Gasteiger partial charge in [-0.15, -0.1) is 0 Å². The molecule has 0 aliphatic rings. The number of rotatable bonds is 5. The van der Waals surface area contributed by atoms with Crippen LogP contribution in [0.25, 0.3) is 22.1 Å². The van der Waals surface area contributed by atoms with Crippen molar-refractivity contribution >= 4 is 22.6 Å². The van der Waals surface area contributed by atoms with Crippen LogP contribution in [0, 0.1) is 6.92 Å². The first-order chi connectivity index (χ1) is 15.0. The Morgan fingerprint density at radius 1 is 1.03 bits per heavy atom. The van der Waals surface area contributed by atoms with E-state index in [1.165, 1.54) is 12.1 Å². The summed E-state index contributed by atoms with van der Waals surface area (Å²) in [6, 6.07) is 19.4. The van der Waals surface area contributed by atoms with Crippen molar-refractivity contribution in [3.8, 4) is 22.6 Å². The van der Waals surface area contributed by atoms with Crippen LogP contribution in [0.5, 0.6) is 11.5 Å². The molecule has 0 aliphatic carbocycles. The Labute approximate surface area is 178 Å². The van der Waals surface area contributed by atoms with Crippen LogP contribution >= 0.6 is 0 Å². The van der Waals surface area contributed by atoms with Gasteiger partial charge in [0.2, 0.25) is 0 Å². The zero-order valence-electron chi connectivity index (χ0n) is 17.1. The maximum absolute atomic E-state index is 12.7. The fraction of sp³-hybridized carbons (Fsp3) is 0.120. The van der Waals surface area contributed by atoms with E-state index >= 15 is 0 Å². The lowest BCUT2D eigenvalue weighted by molar-refractivity contribution is 0.102. The van der Waals surface area contributed by atoms with Gasteiger partial charge in [-0.1, -0.05) is 30.3 Å². The molecule has 0 radical (unpaired) electrons. The third kappa shape index (κ3) is 4.14. The van der Waals surface area contributed by atoms with Gasteiger partial charge in [0.15, 0.2) is 11.3 Å². The fourth-order valence-electron chi connectivity index (χ4n) is 3.41. The largest absolute Gasteiger partial charge is 0.504 e. The van der Waals surface area contributed by atoms with Crippen LogP contribution in [0.1, 0.15) is 22.8 Å². The molecule has 0 saturated heterocycles. The van der Waals surface area contributed by atoms with Gasteiger partial charge >= 0.3 is 5.63 Å². The predicted molar refractivity (Wildman–Crippen MR) is 120 cm³/mol. The summed E-state index contributed by atoms with van der Waals surface area (Å²) >= 11 is 0. The van der Waals surface area contributed by atoms with Crippen LogP contribution in [0.3, 0.4) is 0 Å². The SMILES string of the molecule is CCOc1ccc(-c2cccc(NC(=O)c3cc4cccc(O)c4oc3=O)c2)cc1C. The molecule has 4 rings (SSSR count). The van der Waals surface area contributed by atoms with E-state index in [1.807, 2.05) is 50.2 Å². The normalized spacial score (nSPS) is 10.8. The minimum atomic E-state index is -0.815. The molecule has 156 valence electrons. The predicted octanol–water partition coefficient (Wildman–Crippen LogP) is 5.13. The van der Waals surface area contributed by atoms with Crippen LogP contribution in [-0.4, -0.2) is 17.6 Å². The van der Waals surface area contributed by atoms with Crippen molar-refractivity contribution < 1.29 is 19.1 Å². The van der Waals surface area contributed by atoms with E-state index in [0.29, 0.717) is 17.7 Å². The number of carbonyl (C=O) groups excluding carboxylic acids is 1. The van der Waals surface area contributed by atoms with Crippen molar-refractivity contribution in [3.63, 3.8) is 0 Å². The van der Waals surface area contributed by atoms with Gasteiger partial charge in [0, 0.05) is 11.1 Å². The minimum Gasteiger partial charge on any atom is -0.504 e. The van der Waals surface area contributed by atoms with Crippen LogP contribution in [0.4, 0.5) is 5.69 Å². The van der Waals surface area contributed by atoms with Gasteiger partial charge in [0.1, 0.15) is 11.3 Å². The summed E-state index contributed by atoms with van der Waals surface area (Å²) in [7, 11) is 0. The number of anilines is 1. The molecule has 6 nitrogen and oxygen atoms in total. The Bertz CT molecular complexity index is 1340. The molecule has 6 heteroatoms. The van der Waals surface area contributed by atoms with Crippen molar-refractivity contribution in [2.75, 3.05) is 11.9 Å². The van der Waals surface area contributed by atoms with E-state index in [2.05, 4.69) is 5.32 Å². The van der Waals surface area contributed by atoms with Crippen molar-refractivity contribution in [1.82, 2.24) is 0 Å². The number of amides is 1. The van der Waals surface area contributed by atoms with Gasteiger partial charge in [-0.05, 0) is 66.9 Å². The average molecular weight is 415 g/mol. The van der Waals surface area contributed by atoms with E-state index in [1.54, 1.807) is 18.2 Å². The summed E-state index contributed by atoms with van der Waals surface area (Å²) in [5, 5.41) is 13.0. The number of nitrogens with one attached hydrogen (secondary N) is 1. The molecule has 0 atom stereocenters. The van der Waals surface area contributed by atoms with Crippen molar-refractivity contribution in [2.24, 2.45) is 0 Å². The van der Waals surface area contributed by atoms with Gasteiger partial charge in [-0.2, -0.15) is 0 Å². The van der Waals surface area contributed by atoms with Crippen LogP contribution < -0.4 is 15.7 Å². The fourth-order valence-corrected chi connectivity index (χ4v) is 3.41. The number of para-hydroxylation sites is 1. The maximum Gasteiger partial charge on any atom is 0.349 e. The van der Waals surface area contributed by atoms with E-state index < -0.39 is 11.5 Å². The summed E-state index contributed by atoms with van der Waals surface area (Å²) in [5.74, 6) is 0.101. The second kappa shape index (κ2) is 8.36. The number of phenolic OH excluding ortho intramolecular Hbond substituents is 1. The number of aryl methyl sites for hydroxylation is 1. The lowest BCUT2D eigenvalue weighted by atomic mass is 10.0. The molecule has 4 aromatic rings. The number of aromatic hydroxyl groups is 1. The average Bonchev–Trinajstić information content (AvgIpc) is 2.76. The van der Waals surface area contributed by atoms with Crippen molar-refractivity contribution in [2.45, 2.75) is 13.8 Å². The quantitative estimate of drug-likeness (QED) is 0.442. The topological polar surface area (TPSA) is 88.8 Å². The first-order valence-corrected chi connectivity index (χ1v) is 9.87. The Balaban J connectivity index is 1.62. The van der Waals surface area contributed by atoms with E-state index in [-0.39, 0.29) is 16.9 Å². The molecular weight excluding hydrogens is 394 g/mol. The van der Waals surface area contributed by atoms with E-state index in [0.717, 1.165) is 22.4 Å². The van der Waals surface area contributed by atoms with Gasteiger partial charge in [0.25, 0.3) is 5.91 Å². The molecule has 0 fully saturated rings. The highest BCUT2D eigenvalue weighted by Crippen LogP contribution is 2.28. The lowest BCUT2D eigenvalue weighted by Crippen LogP contribution is -2.20. The van der Waals surface area contributed by atoms with Gasteiger partial charge in [-0.25, -0.2) is 4.79 Å². The Hall–Kier alpha value is -4.06. The van der Waals surface area contributed by atoms with Crippen LogP contribution in [-0.2, 0) is 0 Å². The molecule has 2 N–H and O–H groups in total. The number of carbonyl (C=O) groups is 1. The maximum atomic E-state index is 12.7. The first-order valence-electron chi connectivity index (χ1n) is 9.87. The number of benzene rings is 3. The standard InChI is InChI=1S/C25H21NO5/c1-3-30-22-11-10-17(12-15(22)2)16-6-4-8-19(13-16)26-24(28)20-14-18-7-5-9-21(27)23(18)31-25(20)29/h4-14,27H,3H2,1-2H3,(H,26,28). The molecule has 0 unspecified atom stereocenters. The Kier molecular flexibility index (Phi) is 5.45. The van der Waals surface area contributed by atoms with Gasteiger partial charge < -0.3 is 19.6 Å². The monoisotopic (exact) mass is 415 g/mol. The van der Waals surface area contributed by atoms with Crippen molar-refractivity contribution in [1.29, 1.82) is 0 Å². The molecule has 0 saturated carbocycles. The highest BCUT2D eigenvalue weighted by atomic mass is 16.5. The molecular formula is C25H21NO5. The molecule has 1 amide bonds. The third-order valence-corrected chi connectivity index (χ3v) is 4.91. The second-order valence-electron chi connectivity index (χ2n) is 7.09. The number of hydrogen-bond donors (Lipinski definition) is 2. The van der Waals surface area contributed by atoms with Gasteiger partial charge in [-0.3, -0.25) is 4.79 Å². The number of fused-ring (bicyclic) bond motifs is 1. The third-order valence-electron chi connectivity index (χ3n) is 4.91. The van der Waals surface area contributed by atoms with Crippen LogP contribution in [0.15, 0.2) is 75.9 Å². The summed E-state index contributed by atoms with van der Waals surface area (Å²) < 4.78 is 10.7. The van der Waals surface area contributed by atoms with Crippen LogP contribution in [0.2, 0.25) is 0 Å². The highest BCUT2D eigenvalue weighted by Gasteiger charge is 2.15. The summed E-state index contributed by atoms with van der Waals surface area (Å²) in [6.45, 7) is 4.53. The van der Waals surface area contributed by atoms with E-state index in [4.69, 9.17) is 9.15 Å². The highest BCUT2D eigenvalue weighted by molar-refractivity contribution is 6.05. The molecule has 0 spiro atoms. The summed E-state index contributed by atoms with van der Waals surface area (Å²) in [6.07, 6.45) is 0. The Morgan fingerprint density at radius 3 is 2.58 bits per heavy atom. The van der Waals surface area contributed by atoms with Crippen molar-refractivity contribution in [3.05, 3.63) is 88.3 Å². The number of phenols is 1. The zero-order valence-corrected chi connectivity index (χ0v) is 17.1. The molecule has 0 bridgehead atoms. The molecule has 0 aliphatic heterocycles. The van der Waals surface area contributed by atoms with Gasteiger partial charge in [0.05, 0.1) is 6.61 Å². The molecule has 1 heterocycles.